The van der Waals surface area contributed by atoms with Crippen molar-refractivity contribution in [2.24, 2.45) is 0 Å². The molecular formula is C18H22FN3O4S2. The average Bonchev–Trinajstić information content (AvgIpc) is 3.13. The van der Waals surface area contributed by atoms with E-state index in [-0.39, 0.29) is 17.0 Å². The molecule has 0 aliphatic rings. The molecule has 0 atom stereocenters. The summed E-state index contributed by atoms with van der Waals surface area (Å²) >= 11 is 1.31. The van der Waals surface area contributed by atoms with Crippen LogP contribution in [0, 0.1) is 5.82 Å². The second-order valence-electron chi connectivity index (χ2n) is 6.58. The van der Waals surface area contributed by atoms with Crippen molar-refractivity contribution in [1.29, 1.82) is 0 Å². The van der Waals surface area contributed by atoms with Gasteiger partial charge in [-0.3, -0.25) is 20.4 Å². The predicted molar refractivity (Wildman–Crippen MR) is 105 cm³/mol. The summed E-state index contributed by atoms with van der Waals surface area (Å²) in [7, 11) is -3.94. The van der Waals surface area contributed by atoms with Gasteiger partial charge in [0.15, 0.2) is 0 Å². The molecule has 0 fully saturated rings. The van der Waals surface area contributed by atoms with Crippen LogP contribution in [0.25, 0.3) is 0 Å². The summed E-state index contributed by atoms with van der Waals surface area (Å²) in [5.74, 6) is -2.43. The van der Waals surface area contributed by atoms with Gasteiger partial charge < -0.3 is 0 Å². The Labute approximate surface area is 167 Å². The molecule has 152 valence electrons. The minimum Gasteiger partial charge on any atom is -0.267 e. The molecule has 2 aromatic rings. The molecule has 7 nitrogen and oxygen atoms in total. The molecule has 0 unspecified atom stereocenters. The Morgan fingerprint density at radius 1 is 1.04 bits per heavy atom. The zero-order valence-electron chi connectivity index (χ0n) is 15.9. The molecule has 2 N–H and O–H groups in total. The van der Waals surface area contributed by atoms with Crippen LogP contribution in [-0.2, 0) is 10.0 Å². The topological polar surface area (TPSA) is 95.6 Å². The highest BCUT2D eigenvalue weighted by Gasteiger charge is 2.30. The smallest absolute Gasteiger partial charge is 0.267 e. The fourth-order valence-electron chi connectivity index (χ4n) is 2.76. The van der Waals surface area contributed by atoms with E-state index in [2.05, 4.69) is 10.9 Å². The van der Waals surface area contributed by atoms with Crippen LogP contribution in [0.5, 0.6) is 0 Å². The molecule has 0 aliphatic carbocycles. The van der Waals surface area contributed by atoms with E-state index in [0.717, 1.165) is 18.2 Å². The summed E-state index contributed by atoms with van der Waals surface area (Å²) < 4.78 is 41.3. The first-order valence-corrected chi connectivity index (χ1v) is 10.9. The standard InChI is InChI=1S/C18H22FN3O4S2/c1-11(2)22(12(3)4)28(25,26)14-5-6-16(19)15(9-14)18(24)21-20-17(23)13-7-8-27-10-13/h5-12H,1-4H3,(H,20,23)(H,21,24). The van der Waals surface area contributed by atoms with E-state index in [1.54, 1.807) is 44.5 Å². The fraction of sp³-hybridized carbons (Fsp3) is 0.333. The van der Waals surface area contributed by atoms with Gasteiger partial charge in [0.2, 0.25) is 10.0 Å². The van der Waals surface area contributed by atoms with Crippen molar-refractivity contribution in [3.8, 4) is 0 Å². The molecular weight excluding hydrogens is 405 g/mol. The van der Waals surface area contributed by atoms with Gasteiger partial charge in [0.05, 0.1) is 16.0 Å². The number of nitrogens with one attached hydrogen (secondary N) is 2. The van der Waals surface area contributed by atoms with Gasteiger partial charge in [0, 0.05) is 17.5 Å². The molecule has 28 heavy (non-hydrogen) atoms. The first-order valence-electron chi connectivity index (χ1n) is 8.51. The largest absolute Gasteiger partial charge is 0.272 e. The Morgan fingerprint density at radius 2 is 1.64 bits per heavy atom. The zero-order valence-corrected chi connectivity index (χ0v) is 17.5. The normalized spacial score (nSPS) is 11.9. The Balaban J connectivity index is 2.27. The number of thiophene rings is 1. The molecule has 0 saturated heterocycles. The number of carbonyl (C=O) groups excluding carboxylic acids is 2. The Bertz CT molecular complexity index is 949. The van der Waals surface area contributed by atoms with Gasteiger partial charge in [-0.2, -0.15) is 15.6 Å². The van der Waals surface area contributed by atoms with Crippen LogP contribution in [0.1, 0.15) is 48.4 Å². The van der Waals surface area contributed by atoms with Crippen LogP contribution < -0.4 is 10.9 Å². The molecule has 0 aliphatic heterocycles. The van der Waals surface area contributed by atoms with Crippen LogP contribution in [0.15, 0.2) is 39.9 Å². The summed E-state index contributed by atoms with van der Waals surface area (Å²) in [4.78, 5) is 24.0. The molecule has 2 rings (SSSR count). The molecule has 1 aromatic carbocycles. The number of rotatable bonds is 6. The van der Waals surface area contributed by atoms with Crippen LogP contribution in [0.4, 0.5) is 4.39 Å². The van der Waals surface area contributed by atoms with Crippen LogP contribution in [-0.4, -0.2) is 36.6 Å². The van der Waals surface area contributed by atoms with Gasteiger partial charge in [-0.1, -0.05) is 0 Å². The maximum absolute atomic E-state index is 14.1. The minimum absolute atomic E-state index is 0.203. The fourth-order valence-corrected chi connectivity index (χ4v) is 5.25. The highest BCUT2D eigenvalue weighted by molar-refractivity contribution is 7.89. The minimum atomic E-state index is -3.94. The number of amides is 2. The second-order valence-corrected chi connectivity index (χ2v) is 9.21. The Morgan fingerprint density at radius 3 is 2.18 bits per heavy atom. The summed E-state index contributed by atoms with van der Waals surface area (Å²) in [5, 5.41) is 3.28. The molecule has 0 bridgehead atoms. The number of hydrogen-bond donors (Lipinski definition) is 2. The number of halogens is 1. The monoisotopic (exact) mass is 427 g/mol. The van der Waals surface area contributed by atoms with Crippen molar-refractivity contribution in [2.45, 2.75) is 44.7 Å². The van der Waals surface area contributed by atoms with Crippen molar-refractivity contribution in [3.63, 3.8) is 0 Å². The highest BCUT2D eigenvalue weighted by Crippen LogP contribution is 2.23. The van der Waals surface area contributed by atoms with Crippen molar-refractivity contribution in [3.05, 3.63) is 52.0 Å². The van der Waals surface area contributed by atoms with Crippen molar-refractivity contribution >= 4 is 33.2 Å². The summed E-state index contributed by atoms with van der Waals surface area (Å²) in [6.07, 6.45) is 0. The van der Waals surface area contributed by atoms with Crippen LogP contribution in [0.3, 0.4) is 0 Å². The van der Waals surface area contributed by atoms with Crippen molar-refractivity contribution in [2.75, 3.05) is 0 Å². The summed E-state index contributed by atoms with van der Waals surface area (Å²) in [6.45, 7) is 6.92. The number of hydrazine groups is 1. The quantitative estimate of drug-likeness (QED) is 0.693. The van der Waals surface area contributed by atoms with E-state index in [1.165, 1.54) is 15.6 Å². The van der Waals surface area contributed by atoms with E-state index in [1.807, 2.05) is 0 Å². The van der Waals surface area contributed by atoms with Crippen molar-refractivity contribution in [1.82, 2.24) is 15.2 Å². The molecule has 1 aromatic heterocycles. The lowest BCUT2D eigenvalue weighted by Gasteiger charge is -2.29. The van der Waals surface area contributed by atoms with E-state index in [4.69, 9.17) is 0 Å². The van der Waals surface area contributed by atoms with Crippen LogP contribution >= 0.6 is 11.3 Å². The maximum Gasteiger partial charge on any atom is 0.272 e. The molecule has 2 amide bonds. The third-order valence-corrected chi connectivity index (χ3v) is 6.78. The van der Waals surface area contributed by atoms with Gasteiger partial charge in [-0.15, -0.1) is 0 Å². The Hall–Kier alpha value is -2.30. The number of hydrogen-bond acceptors (Lipinski definition) is 5. The van der Waals surface area contributed by atoms with E-state index >= 15 is 0 Å². The first kappa shape index (κ1) is 22.0. The molecule has 0 radical (unpaired) electrons. The lowest BCUT2D eigenvalue weighted by Crippen LogP contribution is -2.43. The second kappa shape index (κ2) is 8.80. The van der Waals surface area contributed by atoms with E-state index in [0.29, 0.717) is 5.56 Å². The van der Waals surface area contributed by atoms with Crippen LogP contribution in [0.2, 0.25) is 0 Å². The zero-order chi connectivity index (χ0) is 21.1. The Kier molecular flexibility index (Phi) is 6.91. The number of benzene rings is 1. The number of carbonyl (C=O) groups is 2. The van der Waals surface area contributed by atoms with E-state index < -0.39 is 33.2 Å². The van der Waals surface area contributed by atoms with Gasteiger partial charge in [0.25, 0.3) is 11.8 Å². The SMILES string of the molecule is CC(C)N(C(C)C)S(=O)(=O)c1ccc(F)c(C(=O)NNC(=O)c2ccsc2)c1. The van der Waals surface area contributed by atoms with Gasteiger partial charge >= 0.3 is 0 Å². The third kappa shape index (κ3) is 4.75. The molecule has 10 heteroatoms. The summed E-state index contributed by atoms with van der Waals surface area (Å²) in [5.41, 5.74) is 4.12. The average molecular weight is 428 g/mol. The van der Waals surface area contributed by atoms with E-state index in [9.17, 15) is 22.4 Å². The summed E-state index contributed by atoms with van der Waals surface area (Å²) in [6, 6.07) is 3.92. The van der Waals surface area contributed by atoms with Crippen molar-refractivity contribution < 1.29 is 22.4 Å². The number of sulfonamides is 1. The number of nitrogens with zero attached hydrogens (tertiary/aromatic N) is 1. The molecule has 0 saturated carbocycles. The predicted octanol–water partition coefficient (Wildman–Crippen LogP) is 2.77. The highest BCUT2D eigenvalue weighted by atomic mass is 32.2. The lowest BCUT2D eigenvalue weighted by atomic mass is 10.2. The van der Waals surface area contributed by atoms with Gasteiger partial charge in [-0.05, 0) is 57.3 Å². The molecule has 0 spiro atoms. The van der Waals surface area contributed by atoms with Gasteiger partial charge in [-0.25, -0.2) is 12.8 Å². The lowest BCUT2D eigenvalue weighted by molar-refractivity contribution is 0.0844. The first-order chi connectivity index (χ1) is 13.1. The third-order valence-electron chi connectivity index (χ3n) is 3.85. The maximum atomic E-state index is 14.1. The van der Waals surface area contributed by atoms with Gasteiger partial charge in [0.1, 0.15) is 5.82 Å². The molecule has 1 heterocycles.